The number of halogens is 3. The van der Waals surface area contributed by atoms with Gasteiger partial charge in [-0.15, -0.1) is 0 Å². The number of piperazine rings is 1. The molecule has 7 nitrogen and oxygen atoms in total. The topological polar surface area (TPSA) is 65.8 Å². The maximum atomic E-state index is 14.0. The van der Waals surface area contributed by atoms with Gasteiger partial charge in [-0.3, -0.25) is 9.69 Å². The van der Waals surface area contributed by atoms with Crippen molar-refractivity contribution in [1.29, 1.82) is 0 Å². The predicted octanol–water partition coefficient (Wildman–Crippen LogP) is 4.76. The molecular formula is C30H29F3N6O. The molecule has 3 heterocycles. The zero-order valence-corrected chi connectivity index (χ0v) is 22.5. The highest BCUT2D eigenvalue weighted by molar-refractivity contribution is 6.04. The van der Waals surface area contributed by atoms with E-state index < -0.39 is 17.6 Å². The molecule has 4 aromatic rings. The number of hydrogen-bond acceptors (Lipinski definition) is 5. The standard InChI is InChI=1S/C30H29F3N6O/c1-20-14-28-34-18-26(39(28)35-17-20)9-7-22-15-23(5-4-21(22)2)29(40)36-25-8-6-24(27(16-25)30(31,32)33)19-38-12-10-37(3)11-13-38/h4-6,8,14-18H,10-13,19H2,1-3H3,(H,36,40). The van der Waals surface area contributed by atoms with E-state index in [1.165, 1.54) is 12.1 Å². The van der Waals surface area contributed by atoms with E-state index in [0.717, 1.165) is 30.3 Å². The summed E-state index contributed by atoms with van der Waals surface area (Å²) in [6, 6.07) is 10.9. The average Bonchev–Trinajstić information content (AvgIpc) is 3.31. The number of benzene rings is 2. The van der Waals surface area contributed by atoms with Crippen molar-refractivity contribution < 1.29 is 18.0 Å². The summed E-state index contributed by atoms with van der Waals surface area (Å²) in [6.07, 6.45) is -1.19. The van der Waals surface area contributed by atoms with Gasteiger partial charge in [0.1, 0.15) is 5.69 Å². The fraction of sp³-hybridized carbons (Fsp3) is 0.300. The van der Waals surface area contributed by atoms with Crippen LogP contribution in [0, 0.1) is 25.7 Å². The van der Waals surface area contributed by atoms with Crippen LogP contribution in [-0.2, 0) is 12.7 Å². The first-order chi connectivity index (χ1) is 19.1. The lowest BCUT2D eigenvalue weighted by molar-refractivity contribution is -0.138. The number of alkyl halides is 3. The van der Waals surface area contributed by atoms with E-state index in [0.29, 0.717) is 30.0 Å². The van der Waals surface area contributed by atoms with Gasteiger partial charge >= 0.3 is 6.18 Å². The van der Waals surface area contributed by atoms with Gasteiger partial charge in [-0.1, -0.05) is 18.1 Å². The normalized spacial score (nSPS) is 14.7. The molecule has 1 aliphatic rings. The number of imidazole rings is 1. The molecule has 206 valence electrons. The maximum absolute atomic E-state index is 14.0. The molecule has 0 bridgehead atoms. The third-order valence-corrected chi connectivity index (χ3v) is 6.99. The molecule has 5 rings (SSSR count). The number of likely N-dealkylation sites (N-methyl/N-ethyl adjacent to an activating group) is 1. The summed E-state index contributed by atoms with van der Waals surface area (Å²) in [5, 5.41) is 6.96. The van der Waals surface area contributed by atoms with Crippen molar-refractivity contribution in [3.8, 4) is 11.8 Å². The molecule has 1 amide bonds. The lowest BCUT2D eigenvalue weighted by atomic mass is 10.0. The van der Waals surface area contributed by atoms with Gasteiger partial charge in [0, 0.05) is 49.5 Å². The summed E-state index contributed by atoms with van der Waals surface area (Å²) < 4.78 is 43.5. The van der Waals surface area contributed by atoms with Gasteiger partial charge in [-0.25, -0.2) is 9.50 Å². The smallest absolute Gasteiger partial charge is 0.322 e. The summed E-state index contributed by atoms with van der Waals surface area (Å²) in [7, 11) is 2.00. The highest BCUT2D eigenvalue weighted by Crippen LogP contribution is 2.34. The average molecular weight is 547 g/mol. The highest BCUT2D eigenvalue weighted by Gasteiger charge is 2.34. The van der Waals surface area contributed by atoms with Crippen LogP contribution < -0.4 is 5.32 Å². The van der Waals surface area contributed by atoms with Crippen LogP contribution in [0.3, 0.4) is 0 Å². The molecule has 0 atom stereocenters. The largest absolute Gasteiger partial charge is 0.416 e. The van der Waals surface area contributed by atoms with E-state index >= 15 is 0 Å². The molecule has 40 heavy (non-hydrogen) atoms. The number of aryl methyl sites for hydroxylation is 2. The number of nitrogens with one attached hydrogen (secondary N) is 1. The molecule has 1 N–H and O–H groups in total. The van der Waals surface area contributed by atoms with Crippen LogP contribution in [0.25, 0.3) is 5.65 Å². The van der Waals surface area contributed by atoms with Crippen LogP contribution in [0.2, 0.25) is 0 Å². The molecule has 0 spiro atoms. The molecule has 2 aromatic heterocycles. The van der Waals surface area contributed by atoms with Gasteiger partial charge in [0.15, 0.2) is 5.65 Å². The Labute approximate surface area is 230 Å². The molecular weight excluding hydrogens is 517 g/mol. The zero-order valence-electron chi connectivity index (χ0n) is 22.5. The molecule has 10 heteroatoms. The number of rotatable bonds is 4. The van der Waals surface area contributed by atoms with E-state index in [1.807, 2.05) is 31.9 Å². The van der Waals surface area contributed by atoms with Crippen LogP contribution in [-0.4, -0.2) is 63.5 Å². The molecule has 0 saturated carbocycles. The number of hydrogen-bond donors (Lipinski definition) is 1. The van der Waals surface area contributed by atoms with Crippen LogP contribution >= 0.6 is 0 Å². The Balaban J connectivity index is 1.35. The van der Waals surface area contributed by atoms with Gasteiger partial charge in [0.2, 0.25) is 0 Å². The monoisotopic (exact) mass is 546 g/mol. The molecule has 1 fully saturated rings. The van der Waals surface area contributed by atoms with E-state index in [-0.39, 0.29) is 23.4 Å². The summed E-state index contributed by atoms with van der Waals surface area (Å²) in [5.74, 6) is 5.60. The second-order valence-electron chi connectivity index (χ2n) is 10.1. The van der Waals surface area contributed by atoms with E-state index in [2.05, 4.69) is 32.1 Å². The minimum atomic E-state index is -4.54. The third-order valence-electron chi connectivity index (χ3n) is 6.99. The number of nitrogens with zero attached hydrogens (tertiary/aromatic N) is 5. The number of aromatic nitrogens is 3. The second-order valence-corrected chi connectivity index (χ2v) is 10.1. The van der Waals surface area contributed by atoms with E-state index in [1.54, 1.807) is 35.1 Å². The molecule has 1 aliphatic heterocycles. The molecule has 2 aromatic carbocycles. The number of carbonyl (C=O) groups excluding carboxylic acids is 1. The summed E-state index contributed by atoms with van der Waals surface area (Å²) in [6.45, 7) is 7.05. The van der Waals surface area contributed by atoms with Crippen molar-refractivity contribution >= 4 is 17.2 Å². The van der Waals surface area contributed by atoms with Gasteiger partial charge in [0.25, 0.3) is 5.91 Å². The Morgan fingerprint density at radius 2 is 1.77 bits per heavy atom. The maximum Gasteiger partial charge on any atom is 0.416 e. The summed E-state index contributed by atoms with van der Waals surface area (Å²) in [4.78, 5) is 21.5. The fourth-order valence-corrected chi connectivity index (χ4v) is 4.59. The van der Waals surface area contributed by atoms with Crippen LogP contribution in [0.15, 0.2) is 54.9 Å². The van der Waals surface area contributed by atoms with Crippen molar-refractivity contribution in [3.05, 3.63) is 93.9 Å². The Kier molecular flexibility index (Phi) is 7.61. The molecule has 0 unspecified atom stereocenters. The Morgan fingerprint density at radius 3 is 2.52 bits per heavy atom. The van der Waals surface area contributed by atoms with Crippen molar-refractivity contribution in [1.82, 2.24) is 24.4 Å². The number of amides is 1. The van der Waals surface area contributed by atoms with E-state index in [4.69, 9.17) is 0 Å². The minimum Gasteiger partial charge on any atom is -0.322 e. The first kappa shape index (κ1) is 27.4. The number of anilines is 1. The molecule has 0 radical (unpaired) electrons. The minimum absolute atomic E-state index is 0.0831. The van der Waals surface area contributed by atoms with Gasteiger partial charge < -0.3 is 10.2 Å². The molecule has 0 aliphatic carbocycles. The SMILES string of the molecule is Cc1cnn2c(C#Cc3cc(C(=O)Nc4ccc(CN5CCN(C)CC5)c(C(F)(F)F)c4)ccc3C)cnc2c1. The number of fused-ring (bicyclic) bond motifs is 1. The first-order valence-corrected chi connectivity index (χ1v) is 12.9. The van der Waals surface area contributed by atoms with Crippen molar-refractivity contribution in [2.45, 2.75) is 26.6 Å². The van der Waals surface area contributed by atoms with Crippen molar-refractivity contribution in [3.63, 3.8) is 0 Å². The van der Waals surface area contributed by atoms with Crippen LogP contribution in [0.5, 0.6) is 0 Å². The quantitative estimate of drug-likeness (QED) is 0.374. The number of carbonyl (C=O) groups is 1. The Bertz CT molecular complexity index is 1620. The Morgan fingerprint density at radius 1 is 1.00 bits per heavy atom. The predicted molar refractivity (Wildman–Crippen MR) is 147 cm³/mol. The highest BCUT2D eigenvalue weighted by atomic mass is 19.4. The van der Waals surface area contributed by atoms with Gasteiger partial charge in [0.05, 0.1) is 18.0 Å². The lowest BCUT2D eigenvalue weighted by Crippen LogP contribution is -2.44. The summed E-state index contributed by atoms with van der Waals surface area (Å²) in [5.41, 5.74) is 3.57. The van der Waals surface area contributed by atoms with Crippen LogP contribution in [0.4, 0.5) is 18.9 Å². The van der Waals surface area contributed by atoms with E-state index in [9.17, 15) is 18.0 Å². The van der Waals surface area contributed by atoms with Crippen LogP contribution in [0.1, 0.15) is 43.9 Å². The van der Waals surface area contributed by atoms with Gasteiger partial charge in [-0.05, 0) is 73.8 Å². The fourth-order valence-electron chi connectivity index (χ4n) is 4.59. The van der Waals surface area contributed by atoms with Crippen molar-refractivity contribution in [2.24, 2.45) is 0 Å². The first-order valence-electron chi connectivity index (χ1n) is 12.9. The summed E-state index contributed by atoms with van der Waals surface area (Å²) >= 11 is 0. The zero-order chi connectivity index (χ0) is 28.4. The second kappa shape index (κ2) is 11.1. The van der Waals surface area contributed by atoms with Gasteiger partial charge in [-0.2, -0.15) is 18.3 Å². The van der Waals surface area contributed by atoms with Crippen molar-refractivity contribution in [2.75, 3.05) is 38.5 Å². The Hall–Kier alpha value is -4.20. The molecule has 1 saturated heterocycles. The third kappa shape index (κ3) is 6.17. The lowest BCUT2D eigenvalue weighted by Gasteiger charge is -2.33.